The lowest BCUT2D eigenvalue weighted by Gasteiger charge is -2.33. The largest absolute Gasteiger partial charge is 0.310 e. The van der Waals surface area contributed by atoms with Crippen molar-refractivity contribution in [1.82, 2.24) is 5.32 Å². The zero-order valence-electron chi connectivity index (χ0n) is 11.9. The van der Waals surface area contributed by atoms with E-state index in [0.717, 1.165) is 28.6 Å². The molecule has 1 N–H and O–H groups in total. The lowest BCUT2D eigenvalue weighted by Crippen LogP contribution is -2.41. The van der Waals surface area contributed by atoms with Gasteiger partial charge in [0.2, 0.25) is 0 Å². The summed E-state index contributed by atoms with van der Waals surface area (Å²) in [5.41, 5.74) is 2.05. The molecule has 1 aromatic rings. The van der Waals surface area contributed by atoms with Crippen molar-refractivity contribution in [2.75, 3.05) is 6.54 Å². The molecule has 0 fully saturated rings. The van der Waals surface area contributed by atoms with Gasteiger partial charge < -0.3 is 5.32 Å². The Balaban J connectivity index is 2.46. The second kappa shape index (κ2) is 5.66. The second-order valence-electron chi connectivity index (χ2n) is 6.16. The predicted octanol–water partition coefficient (Wildman–Crippen LogP) is 4.15. The first-order chi connectivity index (χ1) is 9.29. The quantitative estimate of drug-likeness (QED) is 0.651. The van der Waals surface area contributed by atoms with Gasteiger partial charge in [-0.1, -0.05) is 42.8 Å². The average Bonchev–Trinajstić information content (AvgIpc) is 2.37. The monoisotopic (exact) mass is 338 g/mol. The van der Waals surface area contributed by atoms with Gasteiger partial charge in [-0.3, -0.25) is 10.1 Å². The number of hydrogen-bond acceptors (Lipinski definition) is 3. The second-order valence-corrected chi connectivity index (χ2v) is 7.07. The molecule has 1 atom stereocenters. The van der Waals surface area contributed by atoms with Gasteiger partial charge in [0.25, 0.3) is 5.69 Å². The molecular weight excluding hydrogens is 320 g/mol. The van der Waals surface area contributed by atoms with Crippen molar-refractivity contribution in [3.8, 4) is 0 Å². The zero-order chi connectivity index (χ0) is 14.9. The fourth-order valence-corrected chi connectivity index (χ4v) is 2.76. The maximum atomic E-state index is 11.2. The van der Waals surface area contributed by atoms with Crippen LogP contribution in [0.2, 0.25) is 0 Å². The third-order valence-electron chi connectivity index (χ3n) is 3.56. The van der Waals surface area contributed by atoms with E-state index in [9.17, 15) is 10.1 Å². The summed E-state index contributed by atoms with van der Waals surface area (Å²) < 4.78 is 0.731. The van der Waals surface area contributed by atoms with Crippen LogP contribution in [0.25, 0.3) is 5.57 Å². The standard InChI is InChI=1S/C15H19BrN2O2/c1-15(2,3)14-8-10(6-7-17-14)12-5-4-11(16)9-13(12)18(19)20/h4-5,8-9,14,17H,6-7H2,1-3H3. The molecule has 4 nitrogen and oxygen atoms in total. The number of halogens is 1. The molecule has 1 heterocycles. The van der Waals surface area contributed by atoms with Crippen LogP contribution in [0, 0.1) is 15.5 Å². The van der Waals surface area contributed by atoms with Gasteiger partial charge in [0.15, 0.2) is 0 Å². The van der Waals surface area contributed by atoms with Crippen LogP contribution in [-0.4, -0.2) is 17.5 Å². The van der Waals surface area contributed by atoms with Crippen LogP contribution in [0.15, 0.2) is 28.7 Å². The number of rotatable bonds is 2. The van der Waals surface area contributed by atoms with E-state index in [0.29, 0.717) is 0 Å². The number of nitrogens with zero attached hydrogens (tertiary/aromatic N) is 1. The highest BCUT2D eigenvalue weighted by Crippen LogP contribution is 2.34. The molecule has 1 unspecified atom stereocenters. The molecule has 1 aromatic carbocycles. The van der Waals surface area contributed by atoms with Crippen LogP contribution in [0.4, 0.5) is 5.69 Å². The summed E-state index contributed by atoms with van der Waals surface area (Å²) in [6.45, 7) is 7.35. The van der Waals surface area contributed by atoms with E-state index >= 15 is 0 Å². The molecular formula is C15H19BrN2O2. The van der Waals surface area contributed by atoms with Crippen LogP contribution < -0.4 is 5.32 Å². The maximum Gasteiger partial charge on any atom is 0.277 e. The molecule has 0 bridgehead atoms. The Labute approximate surface area is 127 Å². The summed E-state index contributed by atoms with van der Waals surface area (Å²) in [6.07, 6.45) is 2.95. The minimum atomic E-state index is -0.310. The SMILES string of the molecule is CC(C)(C)C1C=C(c2ccc(Br)cc2[N+](=O)[O-])CCN1. The van der Waals surface area contributed by atoms with Crippen molar-refractivity contribution in [3.05, 3.63) is 44.4 Å². The highest BCUT2D eigenvalue weighted by Gasteiger charge is 2.27. The van der Waals surface area contributed by atoms with E-state index in [2.05, 4.69) is 48.1 Å². The minimum absolute atomic E-state index is 0.0931. The molecule has 0 amide bonds. The van der Waals surface area contributed by atoms with Crippen LogP contribution in [0.3, 0.4) is 0 Å². The Morgan fingerprint density at radius 2 is 2.10 bits per heavy atom. The number of nitro benzene ring substituents is 1. The van der Waals surface area contributed by atoms with E-state index in [1.54, 1.807) is 6.07 Å². The van der Waals surface area contributed by atoms with Crippen molar-refractivity contribution < 1.29 is 4.92 Å². The highest BCUT2D eigenvalue weighted by molar-refractivity contribution is 9.10. The van der Waals surface area contributed by atoms with Gasteiger partial charge in [0.05, 0.1) is 10.5 Å². The van der Waals surface area contributed by atoms with Crippen molar-refractivity contribution in [1.29, 1.82) is 0 Å². The molecule has 2 rings (SSSR count). The molecule has 1 aliphatic rings. The average molecular weight is 339 g/mol. The molecule has 108 valence electrons. The normalized spacial score (nSPS) is 19.6. The lowest BCUT2D eigenvalue weighted by atomic mass is 9.82. The summed E-state index contributed by atoms with van der Waals surface area (Å²) in [5, 5.41) is 14.7. The highest BCUT2D eigenvalue weighted by atomic mass is 79.9. The molecule has 0 spiro atoms. The smallest absolute Gasteiger partial charge is 0.277 e. The van der Waals surface area contributed by atoms with Crippen molar-refractivity contribution >= 4 is 27.2 Å². The Kier molecular flexibility index (Phi) is 4.30. The van der Waals surface area contributed by atoms with E-state index in [-0.39, 0.29) is 22.1 Å². The Bertz CT molecular complexity index is 561. The molecule has 0 radical (unpaired) electrons. The maximum absolute atomic E-state index is 11.2. The van der Waals surface area contributed by atoms with Crippen LogP contribution in [-0.2, 0) is 0 Å². The summed E-state index contributed by atoms with van der Waals surface area (Å²) in [6, 6.07) is 5.50. The Hall–Kier alpha value is -1.20. The van der Waals surface area contributed by atoms with E-state index < -0.39 is 0 Å². The third kappa shape index (κ3) is 3.27. The minimum Gasteiger partial charge on any atom is -0.310 e. The predicted molar refractivity (Wildman–Crippen MR) is 84.6 cm³/mol. The third-order valence-corrected chi connectivity index (χ3v) is 4.06. The fraction of sp³-hybridized carbons (Fsp3) is 0.467. The van der Waals surface area contributed by atoms with Crippen LogP contribution in [0.5, 0.6) is 0 Å². The summed E-state index contributed by atoms with van der Waals surface area (Å²) in [7, 11) is 0. The number of nitro groups is 1. The number of benzene rings is 1. The van der Waals surface area contributed by atoms with Crippen molar-refractivity contribution in [3.63, 3.8) is 0 Å². The summed E-state index contributed by atoms with van der Waals surface area (Å²) in [5.74, 6) is 0. The van der Waals surface area contributed by atoms with Gasteiger partial charge in [-0.25, -0.2) is 0 Å². The van der Waals surface area contributed by atoms with E-state index in [4.69, 9.17) is 0 Å². The molecule has 0 aliphatic carbocycles. The first-order valence-corrected chi connectivity index (χ1v) is 7.47. The fourth-order valence-electron chi connectivity index (χ4n) is 2.41. The van der Waals surface area contributed by atoms with Gasteiger partial charge in [-0.2, -0.15) is 0 Å². The van der Waals surface area contributed by atoms with Gasteiger partial charge in [-0.15, -0.1) is 0 Å². The topological polar surface area (TPSA) is 55.2 Å². The summed E-state index contributed by atoms with van der Waals surface area (Å²) in [4.78, 5) is 10.9. The number of nitrogens with one attached hydrogen (secondary N) is 1. The van der Waals surface area contributed by atoms with Crippen LogP contribution in [0.1, 0.15) is 32.8 Å². The molecule has 0 aromatic heterocycles. The van der Waals surface area contributed by atoms with Crippen LogP contribution >= 0.6 is 15.9 Å². The first-order valence-electron chi connectivity index (χ1n) is 6.67. The van der Waals surface area contributed by atoms with Gasteiger partial charge in [-0.05, 0) is 36.1 Å². The van der Waals surface area contributed by atoms with Crippen molar-refractivity contribution in [2.45, 2.75) is 33.2 Å². The molecule has 0 saturated carbocycles. The molecule has 1 aliphatic heterocycles. The van der Waals surface area contributed by atoms with Gasteiger partial charge in [0.1, 0.15) is 0 Å². The van der Waals surface area contributed by atoms with Crippen molar-refractivity contribution in [2.24, 2.45) is 5.41 Å². The van der Waals surface area contributed by atoms with Gasteiger partial charge >= 0.3 is 0 Å². The Morgan fingerprint density at radius 3 is 2.70 bits per heavy atom. The summed E-state index contributed by atoms with van der Waals surface area (Å²) >= 11 is 3.30. The zero-order valence-corrected chi connectivity index (χ0v) is 13.5. The van der Waals surface area contributed by atoms with Gasteiger partial charge in [0, 0.05) is 16.6 Å². The molecule has 5 heteroatoms. The molecule has 0 saturated heterocycles. The molecule has 20 heavy (non-hydrogen) atoms. The number of hydrogen-bond donors (Lipinski definition) is 1. The van der Waals surface area contributed by atoms with E-state index in [1.807, 2.05) is 12.1 Å². The Morgan fingerprint density at radius 1 is 1.40 bits per heavy atom. The first kappa shape index (κ1) is 15.2. The van der Waals surface area contributed by atoms with E-state index in [1.165, 1.54) is 0 Å². The lowest BCUT2D eigenvalue weighted by molar-refractivity contribution is -0.385.